The largest absolute Gasteiger partial charge is 0.489 e. The molecule has 1 atom stereocenters. The van der Waals surface area contributed by atoms with Gasteiger partial charge in [-0.2, -0.15) is 0 Å². The number of nitrogens with one attached hydrogen (secondary N) is 2. The van der Waals surface area contributed by atoms with E-state index >= 15 is 0 Å². The summed E-state index contributed by atoms with van der Waals surface area (Å²) in [5.41, 5.74) is 2.84. The van der Waals surface area contributed by atoms with Gasteiger partial charge in [-0.05, 0) is 56.2 Å². The number of aryl methyl sites for hydroxylation is 1. The van der Waals surface area contributed by atoms with Crippen molar-refractivity contribution in [3.63, 3.8) is 0 Å². The minimum atomic E-state index is -0.277. The highest BCUT2D eigenvalue weighted by Crippen LogP contribution is 2.18. The molecule has 3 aromatic rings. The van der Waals surface area contributed by atoms with Gasteiger partial charge >= 0.3 is 0 Å². The molecule has 0 saturated carbocycles. The number of nitrogens with zero attached hydrogens (tertiary/aromatic N) is 2. The Hall–Kier alpha value is -3.41. The molecule has 0 spiro atoms. The van der Waals surface area contributed by atoms with Crippen molar-refractivity contribution in [1.82, 2.24) is 9.97 Å². The average Bonchev–Trinajstić information content (AvgIpc) is 2.73. The van der Waals surface area contributed by atoms with Crippen LogP contribution >= 0.6 is 0 Å². The standard InChI is InChI=1S/C23H26N4O2/c1-4-16(2)24-23-25-17(3)14-21(27-23)22(28)26-19-10-12-20(13-11-19)29-15-18-8-6-5-7-9-18/h5-14,16H,4,15H2,1-3H3,(H,26,28)(H,24,25,27). The predicted molar refractivity (Wildman–Crippen MR) is 115 cm³/mol. The summed E-state index contributed by atoms with van der Waals surface area (Å²) in [5.74, 6) is 0.930. The number of rotatable bonds is 8. The van der Waals surface area contributed by atoms with E-state index in [9.17, 15) is 4.79 Å². The number of carbonyl (C=O) groups excluding carboxylic acids is 1. The fourth-order valence-corrected chi connectivity index (χ4v) is 2.64. The molecule has 0 aliphatic heterocycles. The maximum atomic E-state index is 12.6. The van der Waals surface area contributed by atoms with E-state index in [1.165, 1.54) is 0 Å². The van der Waals surface area contributed by atoms with Gasteiger partial charge in [0, 0.05) is 17.4 Å². The van der Waals surface area contributed by atoms with E-state index in [0.717, 1.165) is 23.4 Å². The topological polar surface area (TPSA) is 76.1 Å². The molecule has 0 fully saturated rings. The summed E-state index contributed by atoms with van der Waals surface area (Å²) in [6.07, 6.45) is 0.942. The second kappa shape index (κ2) is 9.68. The Morgan fingerprint density at radius 1 is 1.07 bits per heavy atom. The number of hydrogen-bond donors (Lipinski definition) is 2. The van der Waals surface area contributed by atoms with Gasteiger partial charge in [0.05, 0.1) is 0 Å². The van der Waals surface area contributed by atoms with Gasteiger partial charge < -0.3 is 15.4 Å². The molecule has 2 N–H and O–H groups in total. The van der Waals surface area contributed by atoms with Crippen LogP contribution in [0.2, 0.25) is 0 Å². The molecular formula is C23H26N4O2. The number of anilines is 2. The van der Waals surface area contributed by atoms with Gasteiger partial charge in [0.25, 0.3) is 5.91 Å². The first-order valence-corrected chi connectivity index (χ1v) is 9.74. The Balaban J connectivity index is 1.61. The third-order valence-corrected chi connectivity index (χ3v) is 4.44. The third kappa shape index (κ3) is 6.04. The molecule has 2 aromatic carbocycles. The molecule has 6 heteroatoms. The molecule has 0 aliphatic carbocycles. The van der Waals surface area contributed by atoms with Crippen molar-refractivity contribution in [3.05, 3.63) is 77.6 Å². The molecule has 150 valence electrons. The van der Waals surface area contributed by atoms with Crippen molar-refractivity contribution < 1.29 is 9.53 Å². The van der Waals surface area contributed by atoms with Gasteiger partial charge in [-0.25, -0.2) is 9.97 Å². The molecule has 1 amide bonds. The van der Waals surface area contributed by atoms with Crippen LogP contribution in [-0.4, -0.2) is 21.9 Å². The zero-order valence-corrected chi connectivity index (χ0v) is 17.0. The van der Waals surface area contributed by atoms with Crippen LogP contribution in [0.25, 0.3) is 0 Å². The quantitative estimate of drug-likeness (QED) is 0.576. The van der Waals surface area contributed by atoms with Crippen LogP contribution in [0.15, 0.2) is 60.7 Å². The number of amides is 1. The van der Waals surface area contributed by atoms with E-state index in [0.29, 0.717) is 23.9 Å². The van der Waals surface area contributed by atoms with E-state index in [1.807, 2.05) is 68.4 Å². The van der Waals surface area contributed by atoms with Crippen molar-refractivity contribution in [2.24, 2.45) is 0 Å². The Kier molecular flexibility index (Phi) is 6.79. The summed E-state index contributed by atoms with van der Waals surface area (Å²) in [4.78, 5) is 21.3. The molecule has 1 aromatic heterocycles. The zero-order chi connectivity index (χ0) is 20.6. The summed E-state index contributed by atoms with van der Waals surface area (Å²) >= 11 is 0. The van der Waals surface area contributed by atoms with Gasteiger partial charge in [0.2, 0.25) is 5.95 Å². The molecule has 0 bridgehead atoms. The highest BCUT2D eigenvalue weighted by molar-refractivity contribution is 6.03. The van der Waals surface area contributed by atoms with Crippen LogP contribution in [0.4, 0.5) is 11.6 Å². The maximum Gasteiger partial charge on any atom is 0.274 e. The molecule has 1 unspecified atom stereocenters. The predicted octanol–water partition coefficient (Wildman–Crippen LogP) is 4.83. The first kappa shape index (κ1) is 20.3. The molecule has 3 rings (SSSR count). The average molecular weight is 390 g/mol. The van der Waals surface area contributed by atoms with E-state index < -0.39 is 0 Å². The normalized spacial score (nSPS) is 11.6. The van der Waals surface area contributed by atoms with Crippen molar-refractivity contribution in [2.75, 3.05) is 10.6 Å². The van der Waals surface area contributed by atoms with Gasteiger partial charge in [0.15, 0.2) is 0 Å². The Labute approximate surface area is 171 Å². The van der Waals surface area contributed by atoms with Gasteiger partial charge in [-0.1, -0.05) is 37.3 Å². The first-order valence-electron chi connectivity index (χ1n) is 9.74. The van der Waals surface area contributed by atoms with Crippen molar-refractivity contribution in [3.8, 4) is 5.75 Å². The second-order valence-corrected chi connectivity index (χ2v) is 6.92. The van der Waals surface area contributed by atoms with Crippen LogP contribution in [0.5, 0.6) is 5.75 Å². The van der Waals surface area contributed by atoms with Crippen LogP contribution < -0.4 is 15.4 Å². The number of ether oxygens (including phenoxy) is 1. The summed E-state index contributed by atoms with van der Waals surface area (Å²) in [6.45, 7) is 6.47. The lowest BCUT2D eigenvalue weighted by atomic mass is 10.2. The molecule has 0 aliphatic rings. The van der Waals surface area contributed by atoms with E-state index in [-0.39, 0.29) is 11.9 Å². The summed E-state index contributed by atoms with van der Waals surface area (Å²) < 4.78 is 5.77. The summed E-state index contributed by atoms with van der Waals surface area (Å²) in [7, 11) is 0. The highest BCUT2D eigenvalue weighted by atomic mass is 16.5. The lowest BCUT2D eigenvalue weighted by molar-refractivity contribution is 0.102. The van der Waals surface area contributed by atoms with E-state index in [1.54, 1.807) is 6.07 Å². The lowest BCUT2D eigenvalue weighted by Gasteiger charge is -2.13. The summed E-state index contributed by atoms with van der Waals surface area (Å²) in [6, 6.07) is 19.2. The van der Waals surface area contributed by atoms with Crippen LogP contribution in [0.3, 0.4) is 0 Å². The first-order chi connectivity index (χ1) is 14.0. The van der Waals surface area contributed by atoms with E-state index in [4.69, 9.17) is 4.74 Å². The zero-order valence-electron chi connectivity index (χ0n) is 17.0. The molecule has 1 heterocycles. The summed E-state index contributed by atoms with van der Waals surface area (Å²) in [5, 5.41) is 6.08. The van der Waals surface area contributed by atoms with Gasteiger partial charge in [-0.15, -0.1) is 0 Å². The molecule has 6 nitrogen and oxygen atoms in total. The lowest BCUT2D eigenvalue weighted by Crippen LogP contribution is -2.19. The number of benzene rings is 2. The van der Waals surface area contributed by atoms with Crippen molar-refractivity contribution >= 4 is 17.5 Å². The van der Waals surface area contributed by atoms with Crippen molar-refractivity contribution in [2.45, 2.75) is 39.8 Å². The van der Waals surface area contributed by atoms with Crippen LogP contribution in [-0.2, 0) is 6.61 Å². The molecule has 0 radical (unpaired) electrons. The minimum absolute atomic E-state index is 0.233. The van der Waals surface area contributed by atoms with E-state index in [2.05, 4.69) is 27.5 Å². The van der Waals surface area contributed by atoms with Crippen LogP contribution in [0, 0.1) is 6.92 Å². The SMILES string of the molecule is CCC(C)Nc1nc(C)cc(C(=O)Nc2ccc(OCc3ccccc3)cc2)n1. The molecular weight excluding hydrogens is 364 g/mol. The highest BCUT2D eigenvalue weighted by Gasteiger charge is 2.12. The van der Waals surface area contributed by atoms with Crippen LogP contribution in [0.1, 0.15) is 42.0 Å². The number of carbonyl (C=O) groups is 1. The smallest absolute Gasteiger partial charge is 0.274 e. The molecule has 0 saturated heterocycles. The maximum absolute atomic E-state index is 12.6. The Bertz CT molecular complexity index is 943. The Morgan fingerprint density at radius 2 is 1.79 bits per heavy atom. The fourth-order valence-electron chi connectivity index (χ4n) is 2.64. The van der Waals surface area contributed by atoms with Gasteiger partial charge in [-0.3, -0.25) is 4.79 Å². The number of hydrogen-bond acceptors (Lipinski definition) is 5. The minimum Gasteiger partial charge on any atom is -0.489 e. The number of aromatic nitrogens is 2. The Morgan fingerprint density at radius 3 is 2.48 bits per heavy atom. The fraction of sp³-hybridized carbons (Fsp3) is 0.261. The van der Waals surface area contributed by atoms with Gasteiger partial charge in [0.1, 0.15) is 18.1 Å². The van der Waals surface area contributed by atoms with Crippen molar-refractivity contribution in [1.29, 1.82) is 0 Å². The third-order valence-electron chi connectivity index (χ3n) is 4.44. The second-order valence-electron chi connectivity index (χ2n) is 6.92. The monoisotopic (exact) mass is 390 g/mol. The molecule has 29 heavy (non-hydrogen) atoms.